The van der Waals surface area contributed by atoms with E-state index in [1.54, 1.807) is 12.1 Å². The van der Waals surface area contributed by atoms with Gasteiger partial charge in [-0.15, -0.1) is 0 Å². The van der Waals surface area contributed by atoms with Crippen LogP contribution in [0.4, 0.5) is 0 Å². The van der Waals surface area contributed by atoms with E-state index in [0.29, 0.717) is 25.2 Å². The molecular formula is C23H24N2O3. The van der Waals surface area contributed by atoms with Gasteiger partial charge in [-0.3, -0.25) is 9.69 Å². The number of methoxy groups -OCH3 is 1. The van der Waals surface area contributed by atoms with E-state index in [1.807, 2.05) is 36.2 Å². The fourth-order valence-corrected chi connectivity index (χ4v) is 3.08. The summed E-state index contributed by atoms with van der Waals surface area (Å²) in [6.07, 6.45) is 0. The molecule has 0 spiro atoms. The zero-order valence-corrected chi connectivity index (χ0v) is 16.1. The normalized spacial score (nSPS) is 10.8. The van der Waals surface area contributed by atoms with Crippen molar-refractivity contribution in [1.29, 1.82) is 0 Å². The van der Waals surface area contributed by atoms with Crippen molar-refractivity contribution in [3.8, 4) is 0 Å². The molecule has 3 aromatic carbocycles. The average molecular weight is 376 g/mol. The number of amides is 1. The van der Waals surface area contributed by atoms with Crippen LogP contribution in [0, 0.1) is 0 Å². The molecule has 0 aromatic heterocycles. The minimum Gasteiger partial charge on any atom is -0.465 e. The first kappa shape index (κ1) is 19.6. The first-order valence-corrected chi connectivity index (χ1v) is 9.15. The molecule has 0 unspecified atom stereocenters. The quantitative estimate of drug-likeness (QED) is 0.643. The maximum atomic E-state index is 12.2. The number of esters is 1. The van der Waals surface area contributed by atoms with Crippen molar-refractivity contribution < 1.29 is 14.3 Å². The number of hydrogen-bond acceptors (Lipinski definition) is 4. The van der Waals surface area contributed by atoms with Gasteiger partial charge >= 0.3 is 5.97 Å². The average Bonchev–Trinajstić information content (AvgIpc) is 2.72. The van der Waals surface area contributed by atoms with E-state index in [9.17, 15) is 9.59 Å². The van der Waals surface area contributed by atoms with Gasteiger partial charge in [0.2, 0.25) is 5.91 Å². The Morgan fingerprint density at radius 3 is 2.32 bits per heavy atom. The van der Waals surface area contributed by atoms with Crippen molar-refractivity contribution in [3.63, 3.8) is 0 Å². The van der Waals surface area contributed by atoms with Crippen LogP contribution in [0.25, 0.3) is 10.8 Å². The fourth-order valence-electron chi connectivity index (χ4n) is 3.08. The summed E-state index contributed by atoms with van der Waals surface area (Å²) in [6, 6.07) is 21.6. The van der Waals surface area contributed by atoms with Gasteiger partial charge in [-0.25, -0.2) is 4.79 Å². The predicted octanol–water partition coefficient (Wildman–Crippen LogP) is 3.37. The smallest absolute Gasteiger partial charge is 0.337 e. The van der Waals surface area contributed by atoms with E-state index in [0.717, 1.165) is 5.56 Å². The van der Waals surface area contributed by atoms with E-state index in [4.69, 9.17) is 0 Å². The summed E-state index contributed by atoms with van der Waals surface area (Å²) in [5.41, 5.74) is 2.60. The second-order valence-electron chi connectivity index (χ2n) is 6.82. The predicted molar refractivity (Wildman–Crippen MR) is 110 cm³/mol. The summed E-state index contributed by atoms with van der Waals surface area (Å²) >= 11 is 0. The third-order valence-electron chi connectivity index (χ3n) is 4.54. The van der Waals surface area contributed by atoms with Crippen LogP contribution >= 0.6 is 0 Å². The number of benzene rings is 3. The highest BCUT2D eigenvalue weighted by Gasteiger charge is 2.09. The van der Waals surface area contributed by atoms with Crippen molar-refractivity contribution in [1.82, 2.24) is 10.2 Å². The number of carbonyl (C=O) groups is 2. The lowest BCUT2D eigenvalue weighted by Crippen LogP contribution is -2.34. The Bertz CT molecular complexity index is 967. The van der Waals surface area contributed by atoms with Gasteiger partial charge in [0.25, 0.3) is 0 Å². The molecule has 0 atom stereocenters. The van der Waals surface area contributed by atoms with E-state index >= 15 is 0 Å². The van der Waals surface area contributed by atoms with Gasteiger partial charge in [-0.1, -0.05) is 48.5 Å². The van der Waals surface area contributed by atoms with Gasteiger partial charge in [0.15, 0.2) is 0 Å². The lowest BCUT2D eigenvalue weighted by Gasteiger charge is -2.17. The molecular weight excluding hydrogens is 352 g/mol. The van der Waals surface area contributed by atoms with E-state index in [-0.39, 0.29) is 11.9 Å². The third kappa shape index (κ3) is 5.18. The molecule has 0 aliphatic heterocycles. The number of carbonyl (C=O) groups excluding carboxylic acids is 2. The molecule has 144 valence electrons. The summed E-state index contributed by atoms with van der Waals surface area (Å²) in [7, 11) is 3.28. The third-order valence-corrected chi connectivity index (χ3v) is 4.54. The van der Waals surface area contributed by atoms with Crippen molar-refractivity contribution in [2.75, 3.05) is 20.7 Å². The Morgan fingerprint density at radius 2 is 1.61 bits per heavy atom. The van der Waals surface area contributed by atoms with Crippen molar-refractivity contribution in [2.45, 2.75) is 13.1 Å². The van der Waals surface area contributed by atoms with Crippen LogP contribution in [0.2, 0.25) is 0 Å². The number of ether oxygens (including phenoxy) is 1. The maximum absolute atomic E-state index is 12.2. The number of hydrogen-bond donors (Lipinski definition) is 1. The number of nitrogens with one attached hydrogen (secondary N) is 1. The molecule has 0 fully saturated rings. The zero-order chi connectivity index (χ0) is 19.9. The number of nitrogens with zero attached hydrogens (tertiary/aromatic N) is 1. The highest BCUT2D eigenvalue weighted by atomic mass is 16.5. The zero-order valence-electron chi connectivity index (χ0n) is 16.1. The summed E-state index contributed by atoms with van der Waals surface area (Å²) in [5, 5.41) is 5.33. The molecule has 0 aliphatic rings. The fraction of sp³-hybridized carbons (Fsp3) is 0.217. The summed E-state index contributed by atoms with van der Waals surface area (Å²) in [5.74, 6) is -0.411. The Balaban J connectivity index is 1.49. The molecule has 28 heavy (non-hydrogen) atoms. The molecule has 0 saturated heterocycles. The topological polar surface area (TPSA) is 58.6 Å². The minimum atomic E-state index is -0.370. The first-order valence-electron chi connectivity index (χ1n) is 9.15. The molecule has 0 bridgehead atoms. The van der Waals surface area contributed by atoms with Gasteiger partial charge in [0.1, 0.15) is 0 Å². The lowest BCUT2D eigenvalue weighted by atomic mass is 10.1. The van der Waals surface area contributed by atoms with Gasteiger partial charge in [0.05, 0.1) is 19.2 Å². The Morgan fingerprint density at radius 1 is 0.929 bits per heavy atom. The highest BCUT2D eigenvalue weighted by molar-refractivity contribution is 5.89. The van der Waals surface area contributed by atoms with Gasteiger partial charge < -0.3 is 10.1 Å². The summed E-state index contributed by atoms with van der Waals surface area (Å²) in [6.45, 7) is 1.43. The maximum Gasteiger partial charge on any atom is 0.337 e. The Hall–Kier alpha value is -3.18. The van der Waals surface area contributed by atoms with Crippen LogP contribution in [0.1, 0.15) is 21.5 Å². The molecule has 3 rings (SSSR count). The van der Waals surface area contributed by atoms with Gasteiger partial charge in [-0.2, -0.15) is 0 Å². The molecule has 1 amide bonds. The van der Waals surface area contributed by atoms with Crippen LogP contribution < -0.4 is 5.32 Å². The van der Waals surface area contributed by atoms with Crippen LogP contribution in [0.5, 0.6) is 0 Å². The molecule has 0 radical (unpaired) electrons. The van der Waals surface area contributed by atoms with Crippen molar-refractivity contribution in [2.24, 2.45) is 0 Å². The van der Waals surface area contributed by atoms with Gasteiger partial charge in [0, 0.05) is 13.1 Å². The summed E-state index contributed by atoms with van der Waals surface area (Å²) in [4.78, 5) is 25.6. The van der Waals surface area contributed by atoms with Crippen LogP contribution in [0.15, 0.2) is 66.7 Å². The number of rotatable bonds is 7. The first-order chi connectivity index (χ1) is 13.5. The molecule has 0 saturated carbocycles. The van der Waals surface area contributed by atoms with E-state index in [1.165, 1.54) is 23.4 Å². The Kier molecular flexibility index (Phi) is 6.40. The molecule has 1 N–H and O–H groups in total. The molecule has 3 aromatic rings. The minimum absolute atomic E-state index is 0.0414. The number of fused-ring (bicyclic) bond motifs is 1. The van der Waals surface area contributed by atoms with E-state index < -0.39 is 0 Å². The van der Waals surface area contributed by atoms with Gasteiger partial charge in [-0.05, 0) is 47.1 Å². The monoisotopic (exact) mass is 376 g/mol. The van der Waals surface area contributed by atoms with Crippen molar-refractivity contribution in [3.05, 3.63) is 83.4 Å². The SMILES string of the molecule is COC(=O)c1ccc(CNC(=O)CN(C)Cc2ccc3ccccc3c2)cc1. The number of likely N-dealkylation sites (N-methyl/N-ethyl adjacent to an activating group) is 1. The van der Waals surface area contributed by atoms with Crippen LogP contribution in [-0.4, -0.2) is 37.5 Å². The van der Waals surface area contributed by atoms with Crippen LogP contribution in [0.3, 0.4) is 0 Å². The largest absolute Gasteiger partial charge is 0.465 e. The standard InChI is InChI=1S/C23H24N2O3/c1-25(15-18-9-10-19-5-3-4-6-21(19)13-18)16-22(26)24-14-17-7-11-20(12-8-17)23(27)28-2/h3-13H,14-16H2,1-2H3,(H,24,26). The van der Waals surface area contributed by atoms with Crippen molar-refractivity contribution >= 4 is 22.6 Å². The Labute approximate surface area is 164 Å². The van der Waals surface area contributed by atoms with Crippen LogP contribution in [-0.2, 0) is 22.6 Å². The second-order valence-corrected chi connectivity index (χ2v) is 6.82. The molecule has 0 aliphatic carbocycles. The molecule has 5 nitrogen and oxygen atoms in total. The summed E-state index contributed by atoms with van der Waals surface area (Å²) < 4.78 is 4.68. The van der Waals surface area contributed by atoms with E-state index in [2.05, 4.69) is 40.4 Å². The highest BCUT2D eigenvalue weighted by Crippen LogP contribution is 2.16. The molecule has 5 heteroatoms. The second kappa shape index (κ2) is 9.15. The molecule has 0 heterocycles. The lowest BCUT2D eigenvalue weighted by molar-refractivity contribution is -0.122.